The summed E-state index contributed by atoms with van der Waals surface area (Å²) in [5, 5.41) is 13.1. The Hall–Kier alpha value is -4.49. The number of nitrogens with one attached hydrogen (secondary N) is 1. The molecule has 0 unspecified atom stereocenters. The average molecular weight is 488 g/mol. The van der Waals surface area contributed by atoms with Gasteiger partial charge in [-0.15, -0.1) is 11.3 Å². The molecule has 1 N–H and O–H groups in total. The smallest absolute Gasteiger partial charge is 0.420 e. The first kappa shape index (κ1) is 23.7. The van der Waals surface area contributed by atoms with Crippen LogP contribution in [-0.4, -0.2) is 35.7 Å². The Morgan fingerprint density at radius 3 is 2.69 bits per heavy atom. The molecule has 0 saturated carbocycles. The van der Waals surface area contributed by atoms with Crippen LogP contribution in [0.2, 0.25) is 0 Å². The third-order valence-corrected chi connectivity index (χ3v) is 6.02. The highest BCUT2D eigenvalue weighted by molar-refractivity contribution is 7.18. The largest absolute Gasteiger partial charge is 0.469 e. The molecular weight excluding hydrogens is 466 g/mol. The van der Waals surface area contributed by atoms with Crippen molar-refractivity contribution < 1.29 is 19.1 Å². The van der Waals surface area contributed by atoms with Crippen LogP contribution in [0, 0.1) is 11.3 Å². The van der Waals surface area contributed by atoms with Crippen molar-refractivity contribution in [3.63, 3.8) is 0 Å². The number of rotatable bonds is 8. The van der Waals surface area contributed by atoms with E-state index < -0.39 is 12.1 Å². The standard InChI is InChI=1S/C25H21N5O4S/c1-33-24(31)11-13-30(22-4-2-3-12-27-22)25(32)34-19-9-10-21-20(14-19)29-23(35-21)16-28-18-7-5-17(15-26)6-8-18/h2-10,12,14,28H,11,13,16H2,1H3. The number of hydrogen-bond acceptors (Lipinski definition) is 9. The van der Waals surface area contributed by atoms with Gasteiger partial charge in [0.1, 0.15) is 16.6 Å². The Bertz CT molecular complexity index is 1370. The Kier molecular flexibility index (Phi) is 7.50. The number of aromatic nitrogens is 2. The molecule has 0 saturated heterocycles. The lowest BCUT2D eigenvalue weighted by Gasteiger charge is -2.20. The highest BCUT2D eigenvalue weighted by Crippen LogP contribution is 2.27. The molecule has 0 radical (unpaired) electrons. The van der Waals surface area contributed by atoms with E-state index in [2.05, 4.69) is 26.1 Å². The molecule has 10 heteroatoms. The van der Waals surface area contributed by atoms with Gasteiger partial charge >= 0.3 is 12.1 Å². The van der Waals surface area contributed by atoms with Gasteiger partial charge in [-0.25, -0.2) is 14.8 Å². The zero-order valence-corrected chi connectivity index (χ0v) is 19.6. The first-order valence-corrected chi connectivity index (χ1v) is 11.5. The molecule has 4 rings (SSSR count). The molecule has 0 atom stereocenters. The van der Waals surface area contributed by atoms with Crippen LogP contribution < -0.4 is 15.0 Å². The van der Waals surface area contributed by atoms with Crippen LogP contribution in [-0.2, 0) is 16.1 Å². The second kappa shape index (κ2) is 11.1. The van der Waals surface area contributed by atoms with Gasteiger partial charge in [0.2, 0.25) is 0 Å². The fourth-order valence-corrected chi connectivity index (χ4v) is 4.10. The zero-order valence-electron chi connectivity index (χ0n) is 18.8. The summed E-state index contributed by atoms with van der Waals surface area (Å²) < 4.78 is 11.2. The van der Waals surface area contributed by atoms with Gasteiger partial charge in [-0.2, -0.15) is 5.26 Å². The van der Waals surface area contributed by atoms with Crippen LogP contribution in [0.5, 0.6) is 5.75 Å². The third-order valence-electron chi connectivity index (χ3n) is 4.98. The maximum Gasteiger partial charge on any atom is 0.420 e. The summed E-state index contributed by atoms with van der Waals surface area (Å²) in [6, 6.07) is 19.7. The Labute approximate surface area is 205 Å². The van der Waals surface area contributed by atoms with Crippen LogP contribution in [0.3, 0.4) is 0 Å². The van der Waals surface area contributed by atoms with Crippen LogP contribution in [0.25, 0.3) is 10.2 Å². The number of anilines is 2. The van der Waals surface area contributed by atoms with Gasteiger partial charge in [0, 0.05) is 24.5 Å². The molecule has 0 spiro atoms. The number of carbonyl (C=O) groups is 2. The maximum atomic E-state index is 12.9. The summed E-state index contributed by atoms with van der Waals surface area (Å²) in [5.41, 5.74) is 2.19. The highest BCUT2D eigenvalue weighted by Gasteiger charge is 2.21. The molecule has 2 aromatic heterocycles. The number of carbonyl (C=O) groups excluding carboxylic acids is 2. The number of ether oxygens (including phenoxy) is 2. The van der Waals surface area contributed by atoms with Crippen molar-refractivity contribution in [2.24, 2.45) is 0 Å². The molecule has 0 aliphatic heterocycles. The van der Waals surface area contributed by atoms with E-state index in [0.29, 0.717) is 29.2 Å². The van der Waals surface area contributed by atoms with Gasteiger partial charge in [-0.1, -0.05) is 6.07 Å². The van der Waals surface area contributed by atoms with Gasteiger partial charge in [-0.3, -0.25) is 9.69 Å². The summed E-state index contributed by atoms with van der Waals surface area (Å²) in [6.45, 7) is 0.577. The lowest BCUT2D eigenvalue weighted by atomic mass is 10.2. The van der Waals surface area contributed by atoms with Gasteiger partial charge in [0.05, 0.1) is 41.9 Å². The third kappa shape index (κ3) is 6.10. The van der Waals surface area contributed by atoms with Crippen LogP contribution in [0.1, 0.15) is 17.0 Å². The van der Waals surface area contributed by atoms with E-state index in [9.17, 15) is 9.59 Å². The summed E-state index contributed by atoms with van der Waals surface area (Å²) in [4.78, 5) is 34.6. The van der Waals surface area contributed by atoms with E-state index in [0.717, 1.165) is 15.4 Å². The summed E-state index contributed by atoms with van der Waals surface area (Å²) in [7, 11) is 1.29. The van der Waals surface area contributed by atoms with E-state index >= 15 is 0 Å². The summed E-state index contributed by atoms with van der Waals surface area (Å²) >= 11 is 1.53. The fraction of sp³-hybridized carbons (Fsp3) is 0.160. The number of nitrogens with zero attached hydrogens (tertiary/aromatic N) is 4. The lowest BCUT2D eigenvalue weighted by molar-refractivity contribution is -0.140. The van der Waals surface area contributed by atoms with Crippen molar-refractivity contribution in [1.29, 1.82) is 5.26 Å². The van der Waals surface area contributed by atoms with Crippen molar-refractivity contribution in [3.8, 4) is 11.8 Å². The van der Waals surface area contributed by atoms with Gasteiger partial charge in [-0.05, 0) is 48.5 Å². The molecule has 35 heavy (non-hydrogen) atoms. The van der Waals surface area contributed by atoms with E-state index in [-0.39, 0.29) is 13.0 Å². The van der Waals surface area contributed by atoms with Crippen LogP contribution >= 0.6 is 11.3 Å². The minimum atomic E-state index is -0.662. The number of thiazole rings is 1. The molecule has 1 amide bonds. The number of methoxy groups -OCH3 is 1. The molecular formula is C25H21N5O4S. The number of fused-ring (bicyclic) bond motifs is 1. The average Bonchev–Trinajstić information content (AvgIpc) is 3.30. The van der Waals surface area contributed by atoms with Crippen molar-refractivity contribution in [2.75, 3.05) is 23.9 Å². The summed E-state index contributed by atoms with van der Waals surface area (Å²) in [5.74, 6) is 0.260. The minimum absolute atomic E-state index is 0.00287. The summed E-state index contributed by atoms with van der Waals surface area (Å²) in [6.07, 6.45) is 0.899. The minimum Gasteiger partial charge on any atom is -0.469 e. The van der Waals surface area contributed by atoms with E-state index in [1.807, 2.05) is 18.2 Å². The molecule has 0 aliphatic rings. The van der Waals surface area contributed by atoms with Gasteiger partial charge < -0.3 is 14.8 Å². The number of amides is 1. The maximum absolute atomic E-state index is 12.9. The first-order valence-electron chi connectivity index (χ1n) is 10.7. The van der Waals surface area contributed by atoms with E-state index in [4.69, 9.17) is 10.00 Å². The van der Waals surface area contributed by atoms with Crippen LogP contribution in [0.4, 0.5) is 16.3 Å². The second-order valence-corrected chi connectivity index (χ2v) is 8.43. The fourth-order valence-electron chi connectivity index (χ4n) is 3.21. The van der Waals surface area contributed by atoms with E-state index in [1.54, 1.807) is 48.7 Å². The highest BCUT2D eigenvalue weighted by atomic mass is 32.1. The predicted molar refractivity (Wildman–Crippen MR) is 132 cm³/mol. The SMILES string of the molecule is COC(=O)CCN(C(=O)Oc1ccc2sc(CNc3ccc(C#N)cc3)nc2c1)c1ccccn1. The van der Waals surface area contributed by atoms with Crippen molar-refractivity contribution in [2.45, 2.75) is 13.0 Å². The molecule has 2 aromatic carbocycles. The monoisotopic (exact) mass is 487 g/mol. The lowest BCUT2D eigenvalue weighted by Crippen LogP contribution is -2.36. The molecule has 0 bridgehead atoms. The van der Waals surface area contributed by atoms with Crippen molar-refractivity contribution in [1.82, 2.24) is 9.97 Å². The van der Waals surface area contributed by atoms with Gasteiger partial charge in [0.15, 0.2) is 0 Å². The first-order chi connectivity index (χ1) is 17.1. The normalized spacial score (nSPS) is 10.4. The number of nitriles is 1. The van der Waals surface area contributed by atoms with Crippen molar-refractivity contribution >= 4 is 45.1 Å². The number of hydrogen-bond donors (Lipinski definition) is 1. The second-order valence-electron chi connectivity index (χ2n) is 7.31. The quantitative estimate of drug-likeness (QED) is 0.354. The topological polar surface area (TPSA) is 117 Å². The molecule has 176 valence electrons. The molecule has 4 aromatic rings. The molecule has 0 fully saturated rings. The predicted octanol–water partition coefficient (Wildman–Crippen LogP) is 4.74. The van der Waals surface area contributed by atoms with Crippen LogP contribution in [0.15, 0.2) is 66.9 Å². The Morgan fingerprint density at radius 2 is 1.97 bits per heavy atom. The Balaban J connectivity index is 1.45. The molecule has 2 heterocycles. The molecule has 0 aliphatic carbocycles. The Morgan fingerprint density at radius 1 is 1.14 bits per heavy atom. The van der Waals surface area contributed by atoms with Crippen molar-refractivity contribution in [3.05, 3.63) is 77.4 Å². The zero-order chi connectivity index (χ0) is 24.6. The molecule has 9 nitrogen and oxygen atoms in total. The number of pyridine rings is 1. The van der Waals surface area contributed by atoms with Gasteiger partial charge in [0.25, 0.3) is 0 Å². The number of benzene rings is 2. The number of esters is 1. The van der Waals surface area contributed by atoms with E-state index in [1.165, 1.54) is 23.3 Å².